The number of ether oxygens (including phenoxy) is 2. The molecule has 2 rings (SSSR count). The Balaban J connectivity index is 2.63. The van der Waals surface area contributed by atoms with Crippen LogP contribution < -0.4 is 9.47 Å². The molecule has 0 aliphatic carbocycles. The van der Waals surface area contributed by atoms with Gasteiger partial charge >= 0.3 is 12.1 Å². The van der Waals surface area contributed by atoms with Crippen LogP contribution in [-0.4, -0.2) is 30.0 Å². The average molecular weight is 357 g/mol. The van der Waals surface area contributed by atoms with Crippen molar-refractivity contribution in [2.75, 3.05) is 6.61 Å². The van der Waals surface area contributed by atoms with Crippen LogP contribution in [0.3, 0.4) is 0 Å². The Morgan fingerprint density at radius 1 is 1.45 bits per heavy atom. The molecule has 1 aromatic carbocycles. The van der Waals surface area contributed by atoms with E-state index in [1.165, 1.54) is 0 Å². The molecule has 4 nitrogen and oxygen atoms in total. The molecule has 1 N–H and O–H groups in total. The molecule has 22 heavy (non-hydrogen) atoms. The number of hydrogen-bond acceptors (Lipinski definition) is 3. The molecule has 0 radical (unpaired) electrons. The molecule has 0 fully saturated rings. The highest BCUT2D eigenvalue weighted by atomic mass is 35.5. The fraction of sp³-hybridized carbons (Fsp3) is 0.308. The van der Waals surface area contributed by atoms with Crippen LogP contribution in [0.15, 0.2) is 11.6 Å². The lowest BCUT2D eigenvalue weighted by Crippen LogP contribution is -2.40. The first-order chi connectivity index (χ1) is 10.2. The van der Waals surface area contributed by atoms with Crippen LogP contribution in [0.2, 0.25) is 10.0 Å². The van der Waals surface area contributed by atoms with Gasteiger partial charge in [0.15, 0.2) is 5.75 Å². The molecule has 0 amide bonds. The van der Waals surface area contributed by atoms with E-state index in [9.17, 15) is 18.0 Å². The van der Waals surface area contributed by atoms with Crippen molar-refractivity contribution in [2.45, 2.75) is 19.2 Å². The highest BCUT2D eigenvalue weighted by Crippen LogP contribution is 2.46. The van der Waals surface area contributed by atoms with E-state index in [1.807, 2.05) is 0 Å². The quantitative estimate of drug-likeness (QED) is 0.882. The predicted molar refractivity (Wildman–Crippen MR) is 73.7 cm³/mol. The van der Waals surface area contributed by atoms with Gasteiger partial charge in [0.05, 0.1) is 22.2 Å². The molecule has 9 heteroatoms. The smallest absolute Gasteiger partial charge is 0.430 e. The highest BCUT2D eigenvalue weighted by molar-refractivity contribution is 6.38. The van der Waals surface area contributed by atoms with Crippen LogP contribution in [0.4, 0.5) is 13.2 Å². The Morgan fingerprint density at radius 2 is 2.09 bits per heavy atom. The number of alkyl halides is 3. The van der Waals surface area contributed by atoms with E-state index in [0.717, 1.165) is 12.1 Å². The van der Waals surface area contributed by atoms with Crippen molar-refractivity contribution in [1.82, 2.24) is 0 Å². The first-order valence-electron chi connectivity index (χ1n) is 5.99. The summed E-state index contributed by atoms with van der Waals surface area (Å²) in [6.07, 6.45) is -6.66. The number of benzene rings is 1. The van der Waals surface area contributed by atoms with Gasteiger partial charge in [0, 0.05) is 11.6 Å². The minimum atomic E-state index is -4.89. The number of halogens is 5. The average Bonchev–Trinajstić information content (AvgIpc) is 2.41. The Bertz CT molecular complexity index is 656. The number of aliphatic carboxylic acids is 1. The van der Waals surface area contributed by atoms with Gasteiger partial charge in [0.1, 0.15) is 5.75 Å². The van der Waals surface area contributed by atoms with Gasteiger partial charge in [0.25, 0.3) is 0 Å². The molecule has 0 saturated carbocycles. The molecular weight excluding hydrogens is 348 g/mol. The molecule has 1 heterocycles. The maximum atomic E-state index is 12.9. The fourth-order valence-electron chi connectivity index (χ4n) is 1.94. The monoisotopic (exact) mass is 356 g/mol. The van der Waals surface area contributed by atoms with E-state index in [0.29, 0.717) is 0 Å². The molecule has 0 spiro atoms. The van der Waals surface area contributed by atoms with Gasteiger partial charge in [-0.1, -0.05) is 23.2 Å². The van der Waals surface area contributed by atoms with Crippen LogP contribution >= 0.6 is 23.2 Å². The summed E-state index contributed by atoms with van der Waals surface area (Å²) in [7, 11) is 0. The SMILES string of the molecule is CCOc1c(Cl)cc2c(c1Cl)C=C(C(=O)O)C(C(F)(F)F)O2. The lowest BCUT2D eigenvalue weighted by atomic mass is 10.0. The lowest BCUT2D eigenvalue weighted by molar-refractivity contribution is -0.187. The summed E-state index contributed by atoms with van der Waals surface area (Å²) in [5.74, 6) is -1.96. The van der Waals surface area contributed by atoms with Crippen molar-refractivity contribution in [3.05, 3.63) is 27.2 Å². The molecule has 1 aliphatic heterocycles. The van der Waals surface area contributed by atoms with E-state index in [-0.39, 0.29) is 33.7 Å². The number of fused-ring (bicyclic) bond motifs is 1. The fourth-order valence-corrected chi connectivity index (χ4v) is 2.54. The van der Waals surface area contributed by atoms with Crippen LogP contribution in [0, 0.1) is 0 Å². The van der Waals surface area contributed by atoms with Crippen molar-refractivity contribution < 1.29 is 32.5 Å². The summed E-state index contributed by atoms with van der Waals surface area (Å²) in [5, 5.41) is 8.83. The van der Waals surface area contributed by atoms with E-state index in [2.05, 4.69) is 0 Å². The largest absolute Gasteiger partial charge is 0.491 e. The second-order valence-corrected chi connectivity index (χ2v) is 5.08. The summed E-state index contributed by atoms with van der Waals surface area (Å²) < 4.78 is 48.8. The molecule has 120 valence electrons. The van der Waals surface area contributed by atoms with Gasteiger partial charge in [-0.2, -0.15) is 13.2 Å². The van der Waals surface area contributed by atoms with Crippen molar-refractivity contribution in [3.8, 4) is 11.5 Å². The molecule has 1 aliphatic rings. The molecular formula is C13H9Cl2F3O4. The third kappa shape index (κ3) is 2.96. The van der Waals surface area contributed by atoms with Crippen molar-refractivity contribution in [3.63, 3.8) is 0 Å². The van der Waals surface area contributed by atoms with Gasteiger partial charge in [-0.3, -0.25) is 0 Å². The van der Waals surface area contributed by atoms with E-state index in [4.69, 9.17) is 37.8 Å². The minimum absolute atomic E-state index is 0.0209. The molecule has 0 aromatic heterocycles. The second-order valence-electron chi connectivity index (χ2n) is 4.29. The highest BCUT2D eigenvalue weighted by Gasteiger charge is 2.48. The Morgan fingerprint density at radius 3 is 2.59 bits per heavy atom. The van der Waals surface area contributed by atoms with Crippen molar-refractivity contribution in [2.24, 2.45) is 0 Å². The van der Waals surface area contributed by atoms with Crippen LogP contribution in [-0.2, 0) is 4.79 Å². The van der Waals surface area contributed by atoms with Crippen LogP contribution in [0.1, 0.15) is 12.5 Å². The van der Waals surface area contributed by atoms with Crippen LogP contribution in [0.25, 0.3) is 6.08 Å². The topological polar surface area (TPSA) is 55.8 Å². The zero-order chi connectivity index (χ0) is 16.7. The molecule has 1 unspecified atom stereocenters. The summed E-state index contributed by atoms with van der Waals surface area (Å²) >= 11 is 11.9. The Kier molecular flexibility index (Phi) is 4.49. The number of carboxylic acids is 1. The maximum absolute atomic E-state index is 12.9. The van der Waals surface area contributed by atoms with Crippen molar-refractivity contribution >= 4 is 35.2 Å². The van der Waals surface area contributed by atoms with Crippen LogP contribution in [0.5, 0.6) is 11.5 Å². The van der Waals surface area contributed by atoms with Gasteiger partial charge in [-0.25, -0.2) is 4.79 Å². The predicted octanol–water partition coefficient (Wildman–Crippen LogP) is 4.18. The first-order valence-corrected chi connectivity index (χ1v) is 6.75. The summed E-state index contributed by atoms with van der Waals surface area (Å²) in [4.78, 5) is 11.1. The standard InChI is InChI=1S/C13H9Cl2F3O4/c1-2-21-10-7(14)4-8-5(9(10)15)3-6(12(19)20)11(22-8)13(16,17)18/h3-4,11H,2H2,1H3,(H,19,20). The van der Waals surface area contributed by atoms with Gasteiger partial charge in [-0.05, 0) is 13.0 Å². The van der Waals surface area contributed by atoms with E-state index < -0.39 is 23.8 Å². The first kappa shape index (κ1) is 16.8. The number of hydrogen-bond donors (Lipinski definition) is 1. The third-order valence-corrected chi connectivity index (χ3v) is 3.49. The van der Waals surface area contributed by atoms with E-state index >= 15 is 0 Å². The molecule has 1 aromatic rings. The third-order valence-electron chi connectivity index (χ3n) is 2.84. The van der Waals surface area contributed by atoms with E-state index in [1.54, 1.807) is 6.92 Å². The number of rotatable bonds is 3. The lowest BCUT2D eigenvalue weighted by Gasteiger charge is -2.28. The van der Waals surface area contributed by atoms with Gasteiger partial charge < -0.3 is 14.6 Å². The Hall–Kier alpha value is -1.60. The zero-order valence-corrected chi connectivity index (χ0v) is 12.5. The second kappa shape index (κ2) is 5.89. The number of carbonyl (C=O) groups is 1. The van der Waals surface area contributed by atoms with Crippen molar-refractivity contribution in [1.29, 1.82) is 0 Å². The maximum Gasteiger partial charge on any atom is 0.430 e. The Labute approximate surface area is 133 Å². The summed E-state index contributed by atoms with van der Waals surface area (Å²) in [6.45, 7) is 1.89. The molecule has 0 bridgehead atoms. The van der Waals surface area contributed by atoms with Gasteiger partial charge in [-0.15, -0.1) is 0 Å². The number of carboxylic acid groups (broad SMARTS) is 1. The molecule has 0 saturated heterocycles. The molecule has 1 atom stereocenters. The summed E-state index contributed by atoms with van der Waals surface area (Å²) in [5.41, 5.74) is -0.987. The van der Waals surface area contributed by atoms with Gasteiger partial charge in [0.2, 0.25) is 6.10 Å². The zero-order valence-electron chi connectivity index (χ0n) is 11.0. The normalized spacial score (nSPS) is 17.4. The summed E-state index contributed by atoms with van der Waals surface area (Å²) in [6, 6.07) is 1.11. The minimum Gasteiger partial charge on any atom is -0.491 e.